The van der Waals surface area contributed by atoms with Crippen LogP contribution in [-0.2, 0) is 9.59 Å². The van der Waals surface area contributed by atoms with Crippen LogP contribution < -0.4 is 20.9 Å². The maximum absolute atomic E-state index is 11.8. The number of benzene rings is 1. The van der Waals surface area contributed by atoms with E-state index in [0.717, 1.165) is 11.1 Å². The van der Waals surface area contributed by atoms with E-state index in [1.807, 2.05) is 32.0 Å². The lowest BCUT2D eigenvalue weighted by molar-refractivity contribution is -0.123. The number of amides is 2. The SMILES string of the molecule is Cc1ccc(OCC(=O)NNC(=S)NC(=O)C=Cc2ccco2)c(C)c1. The van der Waals surface area contributed by atoms with Crippen LogP contribution in [0.15, 0.2) is 47.1 Å². The molecule has 1 aromatic carbocycles. The number of hydrazine groups is 1. The summed E-state index contributed by atoms with van der Waals surface area (Å²) >= 11 is 4.92. The molecule has 0 saturated carbocycles. The summed E-state index contributed by atoms with van der Waals surface area (Å²) in [7, 11) is 0. The monoisotopic (exact) mass is 373 g/mol. The highest BCUT2D eigenvalue weighted by Gasteiger charge is 2.06. The maximum atomic E-state index is 11.8. The first-order chi connectivity index (χ1) is 12.4. The Balaban J connectivity index is 1.69. The topological polar surface area (TPSA) is 92.6 Å². The molecule has 0 aliphatic heterocycles. The van der Waals surface area contributed by atoms with Crippen molar-refractivity contribution in [3.05, 3.63) is 59.6 Å². The van der Waals surface area contributed by atoms with Gasteiger partial charge in [-0.2, -0.15) is 0 Å². The number of aryl methyl sites for hydroxylation is 2. The van der Waals surface area contributed by atoms with Crippen molar-refractivity contribution in [1.29, 1.82) is 0 Å². The Hall–Kier alpha value is -3.13. The van der Waals surface area contributed by atoms with Crippen LogP contribution in [0.1, 0.15) is 16.9 Å². The maximum Gasteiger partial charge on any atom is 0.276 e. The average molecular weight is 373 g/mol. The van der Waals surface area contributed by atoms with Gasteiger partial charge in [0.15, 0.2) is 11.7 Å². The Labute approximate surface area is 156 Å². The van der Waals surface area contributed by atoms with E-state index in [4.69, 9.17) is 21.4 Å². The molecule has 0 unspecified atom stereocenters. The first-order valence-corrected chi connectivity index (χ1v) is 8.16. The number of hydrogen-bond donors (Lipinski definition) is 3. The van der Waals surface area contributed by atoms with Gasteiger partial charge in [-0.3, -0.25) is 25.8 Å². The molecule has 0 radical (unpaired) electrons. The third-order valence-corrected chi connectivity index (χ3v) is 3.39. The Bertz CT molecular complexity index is 816. The number of nitrogens with one attached hydrogen (secondary N) is 3. The van der Waals surface area contributed by atoms with Gasteiger partial charge in [-0.25, -0.2) is 0 Å². The van der Waals surface area contributed by atoms with E-state index < -0.39 is 11.8 Å². The van der Waals surface area contributed by atoms with Gasteiger partial charge in [-0.15, -0.1) is 0 Å². The van der Waals surface area contributed by atoms with Crippen molar-refractivity contribution in [1.82, 2.24) is 16.2 Å². The first kappa shape index (κ1) is 19.2. The second-order valence-corrected chi connectivity index (χ2v) is 5.81. The number of rotatable bonds is 5. The zero-order valence-corrected chi connectivity index (χ0v) is 15.2. The minimum Gasteiger partial charge on any atom is -0.483 e. The van der Waals surface area contributed by atoms with E-state index in [1.54, 1.807) is 12.1 Å². The van der Waals surface area contributed by atoms with E-state index in [1.165, 1.54) is 18.4 Å². The molecular weight excluding hydrogens is 354 g/mol. The van der Waals surface area contributed by atoms with Gasteiger partial charge in [0.05, 0.1) is 6.26 Å². The van der Waals surface area contributed by atoms with Gasteiger partial charge in [0.1, 0.15) is 11.5 Å². The van der Waals surface area contributed by atoms with Crippen LogP contribution in [0.25, 0.3) is 6.08 Å². The molecule has 1 heterocycles. The summed E-state index contributed by atoms with van der Waals surface area (Å²) in [5.41, 5.74) is 6.83. The zero-order valence-electron chi connectivity index (χ0n) is 14.4. The highest BCUT2D eigenvalue weighted by atomic mass is 32.1. The Morgan fingerprint density at radius 2 is 2.04 bits per heavy atom. The summed E-state index contributed by atoms with van der Waals surface area (Å²) in [4.78, 5) is 23.4. The van der Waals surface area contributed by atoms with Crippen molar-refractivity contribution in [3.8, 4) is 5.75 Å². The summed E-state index contributed by atoms with van der Waals surface area (Å²) in [5, 5.41) is 2.34. The normalized spacial score (nSPS) is 10.4. The van der Waals surface area contributed by atoms with Crippen molar-refractivity contribution in [2.24, 2.45) is 0 Å². The number of carbonyl (C=O) groups is 2. The molecule has 136 valence electrons. The van der Waals surface area contributed by atoms with Crippen LogP contribution in [0.4, 0.5) is 0 Å². The minimum absolute atomic E-state index is 0.0426. The predicted octanol–water partition coefficient (Wildman–Crippen LogP) is 2.01. The van der Waals surface area contributed by atoms with E-state index >= 15 is 0 Å². The van der Waals surface area contributed by atoms with Gasteiger partial charge in [0.2, 0.25) is 5.91 Å². The highest BCUT2D eigenvalue weighted by Crippen LogP contribution is 2.18. The third kappa shape index (κ3) is 6.40. The fourth-order valence-corrected chi connectivity index (χ4v) is 2.15. The fourth-order valence-electron chi connectivity index (χ4n) is 2.00. The Kier molecular flexibility index (Phi) is 6.92. The van der Waals surface area contributed by atoms with Crippen molar-refractivity contribution in [2.45, 2.75) is 13.8 Å². The molecule has 26 heavy (non-hydrogen) atoms. The van der Waals surface area contributed by atoms with Gasteiger partial charge >= 0.3 is 0 Å². The lowest BCUT2D eigenvalue weighted by atomic mass is 10.1. The molecule has 0 fully saturated rings. The predicted molar refractivity (Wildman–Crippen MR) is 101 cm³/mol. The third-order valence-electron chi connectivity index (χ3n) is 3.18. The first-order valence-electron chi connectivity index (χ1n) is 7.75. The smallest absolute Gasteiger partial charge is 0.276 e. The van der Waals surface area contributed by atoms with Crippen LogP contribution >= 0.6 is 12.2 Å². The average Bonchev–Trinajstić information content (AvgIpc) is 3.11. The van der Waals surface area contributed by atoms with Crippen LogP contribution in [-0.4, -0.2) is 23.5 Å². The van der Waals surface area contributed by atoms with Gasteiger partial charge in [0.25, 0.3) is 5.91 Å². The number of carbonyl (C=O) groups excluding carboxylic acids is 2. The second kappa shape index (κ2) is 9.38. The second-order valence-electron chi connectivity index (χ2n) is 5.40. The van der Waals surface area contributed by atoms with Gasteiger partial charge in [-0.05, 0) is 55.9 Å². The number of ether oxygens (including phenoxy) is 1. The molecule has 2 amide bonds. The summed E-state index contributed by atoms with van der Waals surface area (Å²) in [6.45, 7) is 3.69. The molecule has 0 bridgehead atoms. The zero-order chi connectivity index (χ0) is 18.9. The van der Waals surface area contributed by atoms with Crippen molar-refractivity contribution in [2.75, 3.05) is 6.61 Å². The molecule has 1 aromatic heterocycles. The number of hydrogen-bond acceptors (Lipinski definition) is 5. The van der Waals surface area contributed by atoms with E-state index in [2.05, 4.69) is 16.2 Å². The lowest BCUT2D eigenvalue weighted by Crippen LogP contribution is -2.49. The number of thiocarbonyl (C=S) groups is 1. The molecule has 2 rings (SSSR count). The summed E-state index contributed by atoms with van der Waals surface area (Å²) in [6.07, 6.45) is 4.26. The van der Waals surface area contributed by atoms with Crippen LogP contribution in [0.3, 0.4) is 0 Å². The van der Waals surface area contributed by atoms with Crippen molar-refractivity contribution < 1.29 is 18.7 Å². The molecule has 7 nitrogen and oxygen atoms in total. The Morgan fingerprint density at radius 1 is 1.23 bits per heavy atom. The summed E-state index contributed by atoms with van der Waals surface area (Å²) in [5.74, 6) is 0.271. The number of furan rings is 1. The molecule has 0 aliphatic rings. The van der Waals surface area contributed by atoms with E-state index in [0.29, 0.717) is 11.5 Å². The van der Waals surface area contributed by atoms with E-state index in [-0.39, 0.29) is 11.7 Å². The molecule has 0 spiro atoms. The van der Waals surface area contributed by atoms with Crippen LogP contribution in [0.5, 0.6) is 5.75 Å². The standard InChI is InChI=1S/C18H19N3O4S/c1-12-5-7-15(13(2)10-12)25-11-17(23)20-21-18(26)19-16(22)8-6-14-4-3-9-24-14/h3-10H,11H2,1-2H3,(H,20,23)(H2,19,21,22,26). The van der Waals surface area contributed by atoms with Gasteiger partial charge in [-0.1, -0.05) is 17.7 Å². The summed E-state index contributed by atoms with van der Waals surface area (Å²) < 4.78 is 10.5. The van der Waals surface area contributed by atoms with E-state index in [9.17, 15) is 9.59 Å². The van der Waals surface area contributed by atoms with Crippen LogP contribution in [0.2, 0.25) is 0 Å². The van der Waals surface area contributed by atoms with Crippen LogP contribution in [0, 0.1) is 13.8 Å². The van der Waals surface area contributed by atoms with Gasteiger partial charge in [0, 0.05) is 6.08 Å². The Morgan fingerprint density at radius 3 is 2.73 bits per heavy atom. The van der Waals surface area contributed by atoms with Crippen molar-refractivity contribution in [3.63, 3.8) is 0 Å². The highest BCUT2D eigenvalue weighted by molar-refractivity contribution is 7.80. The lowest BCUT2D eigenvalue weighted by Gasteiger charge is -2.12. The molecule has 0 saturated heterocycles. The molecule has 2 aromatic rings. The molecule has 0 aliphatic carbocycles. The summed E-state index contributed by atoms with van der Waals surface area (Å²) in [6, 6.07) is 9.09. The molecular formula is C18H19N3O4S. The largest absolute Gasteiger partial charge is 0.483 e. The molecule has 3 N–H and O–H groups in total. The molecule has 8 heteroatoms. The van der Waals surface area contributed by atoms with Gasteiger partial charge < -0.3 is 9.15 Å². The quantitative estimate of drug-likeness (QED) is 0.422. The minimum atomic E-state index is -0.459. The van der Waals surface area contributed by atoms with Crippen molar-refractivity contribution >= 4 is 35.2 Å². The molecule has 0 atom stereocenters. The fraction of sp³-hybridized carbons (Fsp3) is 0.167.